The molecule has 21 heavy (non-hydrogen) atoms. The van der Waals surface area contributed by atoms with Crippen LogP contribution in [-0.2, 0) is 6.42 Å². The molecule has 0 aliphatic rings. The fraction of sp³-hybridized carbons (Fsp3) is 0.125. The van der Waals surface area contributed by atoms with Crippen molar-refractivity contribution in [2.75, 3.05) is 10.6 Å². The van der Waals surface area contributed by atoms with Gasteiger partial charge in [0.05, 0.1) is 11.3 Å². The zero-order valence-corrected chi connectivity index (χ0v) is 11.6. The third-order valence-electron chi connectivity index (χ3n) is 3.05. The number of nitrogens with one attached hydrogen (secondary N) is 2. The van der Waals surface area contributed by atoms with Crippen LogP contribution < -0.4 is 10.6 Å². The number of urea groups is 1. The molecule has 2 aromatic rings. The number of aryl methyl sites for hydroxylation is 1. The number of benzene rings is 2. The maximum atomic E-state index is 12.0. The van der Waals surface area contributed by atoms with Crippen LogP contribution in [0.5, 0.6) is 0 Å². The van der Waals surface area contributed by atoms with Gasteiger partial charge in [-0.05, 0) is 30.2 Å². The molecule has 2 rings (SSSR count). The number of anilines is 2. The topological polar surface area (TPSA) is 78.4 Å². The third-order valence-corrected chi connectivity index (χ3v) is 3.05. The molecule has 0 aliphatic heterocycles. The van der Waals surface area contributed by atoms with E-state index in [0.29, 0.717) is 5.69 Å². The van der Waals surface area contributed by atoms with Crippen molar-refractivity contribution in [2.24, 2.45) is 0 Å². The molecule has 0 heterocycles. The predicted octanol–water partition coefficient (Wildman–Crippen LogP) is 3.59. The molecule has 5 nitrogen and oxygen atoms in total. The number of carboxylic acid groups (broad SMARTS) is 1. The summed E-state index contributed by atoms with van der Waals surface area (Å²) in [5.41, 5.74) is 2.04. The van der Waals surface area contributed by atoms with E-state index in [9.17, 15) is 9.59 Å². The van der Waals surface area contributed by atoms with Gasteiger partial charge in [-0.25, -0.2) is 9.59 Å². The Labute approximate surface area is 122 Å². The lowest BCUT2D eigenvalue weighted by Crippen LogP contribution is -2.21. The molecule has 5 heteroatoms. The van der Waals surface area contributed by atoms with Crippen LogP contribution in [0.1, 0.15) is 22.8 Å². The third kappa shape index (κ3) is 3.60. The highest BCUT2D eigenvalue weighted by atomic mass is 16.4. The second kappa shape index (κ2) is 6.56. The Hall–Kier alpha value is -2.82. The lowest BCUT2D eigenvalue weighted by atomic mass is 10.1. The van der Waals surface area contributed by atoms with E-state index in [-0.39, 0.29) is 11.3 Å². The monoisotopic (exact) mass is 284 g/mol. The molecular formula is C16H16N2O3. The molecule has 108 valence electrons. The van der Waals surface area contributed by atoms with Gasteiger partial charge in [0.25, 0.3) is 0 Å². The fourth-order valence-corrected chi connectivity index (χ4v) is 2.01. The van der Waals surface area contributed by atoms with Crippen LogP contribution in [0, 0.1) is 0 Å². The first-order valence-corrected chi connectivity index (χ1v) is 6.60. The average molecular weight is 284 g/mol. The first-order chi connectivity index (χ1) is 10.1. The van der Waals surface area contributed by atoms with Crippen LogP contribution >= 0.6 is 0 Å². The maximum absolute atomic E-state index is 12.0. The van der Waals surface area contributed by atoms with E-state index >= 15 is 0 Å². The minimum Gasteiger partial charge on any atom is -0.478 e. The SMILES string of the molecule is CCc1ccccc1NC(=O)Nc1ccccc1C(=O)O. The van der Waals surface area contributed by atoms with E-state index in [4.69, 9.17) is 5.11 Å². The van der Waals surface area contributed by atoms with Crippen LogP contribution in [0.15, 0.2) is 48.5 Å². The molecule has 0 spiro atoms. The van der Waals surface area contributed by atoms with Gasteiger partial charge in [-0.2, -0.15) is 0 Å². The van der Waals surface area contributed by atoms with Gasteiger partial charge in [-0.1, -0.05) is 37.3 Å². The van der Waals surface area contributed by atoms with Crippen molar-refractivity contribution in [3.63, 3.8) is 0 Å². The summed E-state index contributed by atoms with van der Waals surface area (Å²) in [6.45, 7) is 2.00. The number of aromatic carboxylic acids is 1. The summed E-state index contributed by atoms with van der Waals surface area (Å²) in [6, 6.07) is 13.3. The highest BCUT2D eigenvalue weighted by molar-refractivity contribution is 6.04. The van der Waals surface area contributed by atoms with E-state index in [0.717, 1.165) is 12.0 Å². The summed E-state index contributed by atoms with van der Waals surface area (Å²) in [6.07, 6.45) is 0.794. The summed E-state index contributed by atoms with van der Waals surface area (Å²) in [5, 5.41) is 14.4. The molecule has 0 atom stereocenters. The van der Waals surface area contributed by atoms with Crippen molar-refractivity contribution in [1.29, 1.82) is 0 Å². The van der Waals surface area contributed by atoms with E-state index in [1.54, 1.807) is 18.2 Å². The molecular weight excluding hydrogens is 268 g/mol. The summed E-state index contributed by atoms with van der Waals surface area (Å²) in [5.74, 6) is -1.08. The van der Waals surface area contributed by atoms with Gasteiger partial charge in [0.1, 0.15) is 0 Å². The Morgan fingerprint density at radius 1 is 0.952 bits per heavy atom. The van der Waals surface area contributed by atoms with Crippen molar-refractivity contribution in [3.8, 4) is 0 Å². The van der Waals surface area contributed by atoms with Gasteiger partial charge in [0.2, 0.25) is 0 Å². The Morgan fingerprint density at radius 2 is 1.52 bits per heavy atom. The summed E-state index contributed by atoms with van der Waals surface area (Å²) < 4.78 is 0. The number of para-hydroxylation sites is 2. The smallest absolute Gasteiger partial charge is 0.337 e. The van der Waals surface area contributed by atoms with E-state index in [1.165, 1.54) is 6.07 Å². The highest BCUT2D eigenvalue weighted by Crippen LogP contribution is 2.18. The summed E-state index contributed by atoms with van der Waals surface area (Å²) in [4.78, 5) is 23.1. The minimum atomic E-state index is -1.08. The second-order valence-electron chi connectivity index (χ2n) is 4.44. The summed E-state index contributed by atoms with van der Waals surface area (Å²) in [7, 11) is 0. The standard InChI is InChI=1S/C16H16N2O3/c1-2-11-7-3-5-9-13(11)17-16(21)18-14-10-6-4-8-12(14)15(19)20/h3-10H,2H2,1H3,(H,19,20)(H2,17,18,21). The van der Waals surface area contributed by atoms with Gasteiger partial charge in [-0.15, -0.1) is 0 Å². The van der Waals surface area contributed by atoms with Gasteiger partial charge < -0.3 is 15.7 Å². The highest BCUT2D eigenvalue weighted by Gasteiger charge is 2.12. The largest absolute Gasteiger partial charge is 0.478 e. The Balaban J connectivity index is 2.14. The number of carboxylic acids is 1. The summed E-state index contributed by atoms with van der Waals surface area (Å²) >= 11 is 0. The second-order valence-corrected chi connectivity index (χ2v) is 4.44. The first kappa shape index (κ1) is 14.6. The Morgan fingerprint density at radius 3 is 2.19 bits per heavy atom. The Kier molecular flexibility index (Phi) is 4.56. The van der Waals surface area contributed by atoms with Gasteiger partial charge >= 0.3 is 12.0 Å². The molecule has 0 radical (unpaired) electrons. The molecule has 0 bridgehead atoms. The van der Waals surface area contributed by atoms with Crippen molar-refractivity contribution in [1.82, 2.24) is 0 Å². The molecule has 2 amide bonds. The van der Waals surface area contributed by atoms with Crippen LogP contribution in [0.2, 0.25) is 0 Å². The van der Waals surface area contributed by atoms with Crippen molar-refractivity contribution >= 4 is 23.4 Å². The Bertz CT molecular complexity index is 668. The van der Waals surface area contributed by atoms with E-state index < -0.39 is 12.0 Å². The molecule has 0 fully saturated rings. The van der Waals surface area contributed by atoms with Gasteiger partial charge in [0, 0.05) is 5.69 Å². The van der Waals surface area contributed by atoms with Crippen LogP contribution in [0.25, 0.3) is 0 Å². The normalized spacial score (nSPS) is 9.95. The zero-order chi connectivity index (χ0) is 15.2. The molecule has 3 N–H and O–H groups in total. The fourth-order valence-electron chi connectivity index (χ4n) is 2.01. The molecule has 0 unspecified atom stereocenters. The van der Waals surface area contributed by atoms with Crippen LogP contribution in [0.4, 0.5) is 16.2 Å². The number of hydrogen-bond donors (Lipinski definition) is 3. The lowest BCUT2D eigenvalue weighted by molar-refractivity contribution is 0.0698. The number of carbonyl (C=O) groups excluding carboxylic acids is 1. The van der Waals surface area contributed by atoms with Crippen LogP contribution in [0.3, 0.4) is 0 Å². The average Bonchev–Trinajstić information content (AvgIpc) is 2.48. The van der Waals surface area contributed by atoms with E-state index in [1.807, 2.05) is 31.2 Å². The maximum Gasteiger partial charge on any atom is 0.337 e. The van der Waals surface area contributed by atoms with Crippen molar-refractivity contribution in [3.05, 3.63) is 59.7 Å². The number of rotatable bonds is 4. The van der Waals surface area contributed by atoms with Crippen molar-refractivity contribution in [2.45, 2.75) is 13.3 Å². The molecule has 2 aromatic carbocycles. The first-order valence-electron chi connectivity index (χ1n) is 6.60. The number of amides is 2. The predicted molar refractivity (Wildman–Crippen MR) is 81.9 cm³/mol. The van der Waals surface area contributed by atoms with E-state index in [2.05, 4.69) is 10.6 Å². The number of hydrogen-bond acceptors (Lipinski definition) is 2. The molecule has 0 aliphatic carbocycles. The molecule has 0 aromatic heterocycles. The number of carbonyl (C=O) groups is 2. The lowest BCUT2D eigenvalue weighted by Gasteiger charge is -2.12. The molecule has 0 saturated carbocycles. The quantitative estimate of drug-likeness (QED) is 0.802. The van der Waals surface area contributed by atoms with Crippen LogP contribution in [-0.4, -0.2) is 17.1 Å². The van der Waals surface area contributed by atoms with Gasteiger partial charge in [-0.3, -0.25) is 0 Å². The molecule has 0 saturated heterocycles. The van der Waals surface area contributed by atoms with Crippen molar-refractivity contribution < 1.29 is 14.7 Å². The zero-order valence-electron chi connectivity index (χ0n) is 11.6. The van der Waals surface area contributed by atoms with Gasteiger partial charge in [0.15, 0.2) is 0 Å². The minimum absolute atomic E-state index is 0.0522.